The van der Waals surface area contributed by atoms with E-state index in [1.54, 1.807) is 11.3 Å². The summed E-state index contributed by atoms with van der Waals surface area (Å²) < 4.78 is 2.27. The maximum atomic E-state index is 3.79. The second-order valence-corrected chi connectivity index (χ2v) is 8.65. The maximum absolute atomic E-state index is 3.79. The molecule has 0 bridgehead atoms. The smallest absolute Gasteiger partial charge is 0.0843 e. The molecule has 1 aromatic carbocycles. The third kappa shape index (κ3) is 4.16. The van der Waals surface area contributed by atoms with Crippen molar-refractivity contribution in [3.05, 3.63) is 54.6 Å². The van der Waals surface area contributed by atoms with Crippen LogP contribution in [0.4, 0.5) is 0 Å². The Hall–Kier alpha value is 0.360. The molecule has 4 heteroatoms. The second-order valence-electron chi connectivity index (χ2n) is 4.48. The molecule has 0 N–H and O–H groups in total. The van der Waals surface area contributed by atoms with Gasteiger partial charge in [0.2, 0.25) is 0 Å². The fourth-order valence-corrected chi connectivity index (χ4v) is 4.70. The van der Waals surface area contributed by atoms with E-state index < -0.39 is 0 Å². The minimum atomic E-state index is 0.264. The SMILES string of the molecule is CCCCc1ccc(C(Br)c2cc(Br)c(Br)s2)cc1. The minimum Gasteiger partial charge on any atom is -0.131 e. The highest BCUT2D eigenvalue weighted by molar-refractivity contribution is 9.13. The minimum absolute atomic E-state index is 0.264. The molecule has 102 valence electrons. The molecule has 1 aromatic heterocycles. The molecule has 19 heavy (non-hydrogen) atoms. The van der Waals surface area contributed by atoms with Gasteiger partial charge in [0.05, 0.1) is 8.61 Å². The standard InChI is InChI=1S/C15H15Br3S/c1-2-3-4-10-5-7-11(8-6-10)14(17)13-9-12(16)15(18)19-13/h5-9,14H,2-4H2,1H3. The van der Waals surface area contributed by atoms with Gasteiger partial charge in [-0.2, -0.15) is 0 Å². The summed E-state index contributed by atoms with van der Waals surface area (Å²) in [6.45, 7) is 2.23. The molecule has 0 radical (unpaired) electrons. The Morgan fingerprint density at radius 2 is 1.84 bits per heavy atom. The van der Waals surface area contributed by atoms with Crippen LogP contribution in [0.2, 0.25) is 0 Å². The topological polar surface area (TPSA) is 0 Å². The zero-order valence-corrected chi connectivity index (χ0v) is 16.2. The van der Waals surface area contributed by atoms with E-state index in [2.05, 4.69) is 85.0 Å². The monoisotopic (exact) mass is 464 g/mol. The normalized spacial score (nSPS) is 12.6. The summed E-state index contributed by atoms with van der Waals surface area (Å²) in [4.78, 5) is 1.57. The summed E-state index contributed by atoms with van der Waals surface area (Å²) in [6.07, 6.45) is 3.70. The third-order valence-electron chi connectivity index (χ3n) is 3.01. The number of rotatable bonds is 5. The van der Waals surface area contributed by atoms with Crippen molar-refractivity contribution in [2.75, 3.05) is 0 Å². The van der Waals surface area contributed by atoms with Crippen LogP contribution < -0.4 is 0 Å². The molecule has 1 heterocycles. The summed E-state index contributed by atoms with van der Waals surface area (Å²) in [7, 11) is 0. The number of alkyl halides is 1. The van der Waals surface area contributed by atoms with Gasteiger partial charge in [-0.15, -0.1) is 11.3 Å². The first-order valence-corrected chi connectivity index (χ1v) is 9.61. The van der Waals surface area contributed by atoms with E-state index in [0.717, 1.165) is 8.26 Å². The first-order chi connectivity index (χ1) is 9.11. The number of thiophene rings is 1. The lowest BCUT2D eigenvalue weighted by molar-refractivity contribution is 0.795. The molecule has 0 aliphatic rings. The van der Waals surface area contributed by atoms with Crippen molar-refractivity contribution < 1.29 is 0 Å². The first kappa shape index (κ1) is 15.7. The van der Waals surface area contributed by atoms with Crippen LogP contribution in [0.25, 0.3) is 0 Å². The van der Waals surface area contributed by atoms with Crippen molar-refractivity contribution in [2.45, 2.75) is 31.0 Å². The third-order valence-corrected chi connectivity index (χ3v) is 7.65. The Bertz CT molecular complexity index is 511. The fourth-order valence-electron chi connectivity index (χ4n) is 1.89. The van der Waals surface area contributed by atoms with Gasteiger partial charge in [0, 0.05) is 9.35 Å². The lowest BCUT2D eigenvalue weighted by atomic mass is 10.0. The van der Waals surface area contributed by atoms with Crippen molar-refractivity contribution in [2.24, 2.45) is 0 Å². The lowest BCUT2D eigenvalue weighted by Gasteiger charge is -2.09. The van der Waals surface area contributed by atoms with Crippen LogP contribution in [0.15, 0.2) is 38.6 Å². The first-order valence-electron chi connectivity index (χ1n) is 6.29. The van der Waals surface area contributed by atoms with Gasteiger partial charge in [0.1, 0.15) is 0 Å². The molecule has 2 aromatic rings. The fraction of sp³-hybridized carbons (Fsp3) is 0.333. The van der Waals surface area contributed by atoms with E-state index in [0.29, 0.717) is 0 Å². The Morgan fingerprint density at radius 1 is 1.16 bits per heavy atom. The quantitative estimate of drug-likeness (QED) is 0.412. The van der Waals surface area contributed by atoms with Crippen LogP contribution in [-0.2, 0) is 6.42 Å². The van der Waals surface area contributed by atoms with Crippen molar-refractivity contribution in [1.29, 1.82) is 0 Å². The van der Waals surface area contributed by atoms with E-state index in [-0.39, 0.29) is 4.83 Å². The van der Waals surface area contributed by atoms with E-state index in [4.69, 9.17) is 0 Å². The predicted molar refractivity (Wildman–Crippen MR) is 95.5 cm³/mol. The van der Waals surface area contributed by atoms with E-state index >= 15 is 0 Å². The number of hydrogen-bond acceptors (Lipinski definition) is 1. The number of hydrogen-bond donors (Lipinski definition) is 0. The molecule has 0 saturated carbocycles. The second kappa shape index (κ2) is 7.39. The highest BCUT2D eigenvalue weighted by Gasteiger charge is 2.14. The summed E-state index contributed by atoms with van der Waals surface area (Å²) in [5.74, 6) is 0. The van der Waals surface area contributed by atoms with Gasteiger partial charge in [0.25, 0.3) is 0 Å². The van der Waals surface area contributed by atoms with Crippen LogP contribution in [0.5, 0.6) is 0 Å². The van der Waals surface area contributed by atoms with Gasteiger partial charge in [0.15, 0.2) is 0 Å². The molecule has 0 aliphatic carbocycles. The lowest BCUT2D eigenvalue weighted by Crippen LogP contribution is -1.91. The summed E-state index contributed by atoms with van der Waals surface area (Å²) >= 11 is 12.6. The van der Waals surface area contributed by atoms with E-state index in [1.807, 2.05) is 0 Å². The molecular formula is C15H15Br3S. The Balaban J connectivity index is 2.13. The molecule has 0 spiro atoms. The molecule has 0 aliphatic heterocycles. The molecule has 1 atom stereocenters. The summed E-state index contributed by atoms with van der Waals surface area (Å²) in [5, 5.41) is 0. The Labute approximate surface area is 144 Å². The van der Waals surface area contributed by atoms with Gasteiger partial charge < -0.3 is 0 Å². The average molecular weight is 467 g/mol. The van der Waals surface area contributed by atoms with Gasteiger partial charge in [-0.3, -0.25) is 0 Å². The number of unbranched alkanes of at least 4 members (excludes halogenated alkanes) is 1. The Kier molecular flexibility index (Phi) is 6.12. The highest BCUT2D eigenvalue weighted by Crippen LogP contribution is 2.41. The number of halogens is 3. The van der Waals surface area contributed by atoms with Crippen molar-refractivity contribution in [3.8, 4) is 0 Å². The van der Waals surface area contributed by atoms with E-state index in [9.17, 15) is 0 Å². The van der Waals surface area contributed by atoms with Gasteiger partial charge >= 0.3 is 0 Å². The average Bonchev–Trinajstić information content (AvgIpc) is 2.76. The molecule has 0 fully saturated rings. The van der Waals surface area contributed by atoms with Crippen LogP contribution in [-0.4, -0.2) is 0 Å². The van der Waals surface area contributed by atoms with Crippen molar-refractivity contribution >= 4 is 59.1 Å². The van der Waals surface area contributed by atoms with Crippen LogP contribution in [0, 0.1) is 0 Å². The zero-order valence-electron chi connectivity index (χ0n) is 10.6. The number of benzene rings is 1. The zero-order chi connectivity index (χ0) is 13.8. The molecule has 1 unspecified atom stereocenters. The maximum Gasteiger partial charge on any atom is 0.0843 e. The summed E-state index contributed by atoms with van der Waals surface area (Å²) in [6, 6.07) is 11.1. The van der Waals surface area contributed by atoms with Crippen LogP contribution >= 0.6 is 59.1 Å². The highest BCUT2D eigenvalue weighted by atomic mass is 79.9. The van der Waals surface area contributed by atoms with Crippen molar-refractivity contribution in [3.63, 3.8) is 0 Å². The largest absolute Gasteiger partial charge is 0.131 e. The van der Waals surface area contributed by atoms with Gasteiger partial charge in [-0.05, 0) is 61.9 Å². The van der Waals surface area contributed by atoms with Crippen molar-refractivity contribution in [1.82, 2.24) is 0 Å². The molecule has 0 nitrogen and oxygen atoms in total. The molecule has 2 rings (SSSR count). The molecular weight excluding hydrogens is 452 g/mol. The summed E-state index contributed by atoms with van der Waals surface area (Å²) in [5.41, 5.74) is 2.74. The van der Waals surface area contributed by atoms with E-state index in [1.165, 1.54) is 35.3 Å². The predicted octanol–water partition coefficient (Wildman–Crippen LogP) is 7.10. The van der Waals surface area contributed by atoms with Gasteiger partial charge in [-0.25, -0.2) is 0 Å². The molecule has 0 saturated heterocycles. The number of aryl methyl sites for hydroxylation is 1. The molecule has 0 amide bonds. The van der Waals surface area contributed by atoms with Crippen LogP contribution in [0.3, 0.4) is 0 Å². The van der Waals surface area contributed by atoms with Crippen LogP contribution in [0.1, 0.15) is 40.6 Å². The van der Waals surface area contributed by atoms with Gasteiger partial charge in [-0.1, -0.05) is 53.5 Å². The Morgan fingerprint density at radius 3 is 2.37 bits per heavy atom.